The number of nitrogens with one attached hydrogen (secondary N) is 2. The lowest BCUT2D eigenvalue weighted by Crippen LogP contribution is -2.41. The summed E-state index contributed by atoms with van der Waals surface area (Å²) in [5, 5.41) is 2.34. The lowest BCUT2D eigenvalue weighted by atomic mass is 10.2. The minimum atomic E-state index is -1.07. The highest BCUT2D eigenvalue weighted by molar-refractivity contribution is 7.80. The molecule has 1 amide bonds. The smallest absolute Gasteiger partial charge is 0.211 e. The molecule has 158 valence electrons. The molecule has 1 unspecified atom stereocenters. The summed E-state index contributed by atoms with van der Waals surface area (Å²) in [5.74, 6) is -0.497. The van der Waals surface area contributed by atoms with E-state index >= 15 is 0 Å². The van der Waals surface area contributed by atoms with Crippen molar-refractivity contribution in [3.8, 4) is 10.4 Å². The third-order valence-corrected chi connectivity index (χ3v) is 7.09. The lowest BCUT2D eigenvalue weighted by molar-refractivity contribution is -0.105. The molecule has 1 aromatic carbocycles. The number of aromatic nitrogens is 1. The quantitative estimate of drug-likeness (QED) is 0.559. The molecule has 0 bridgehead atoms. The van der Waals surface area contributed by atoms with Gasteiger partial charge in [0.05, 0.1) is 11.1 Å². The molecule has 2 N–H and O–H groups in total. The molecule has 0 aliphatic carbocycles. The lowest BCUT2D eigenvalue weighted by Gasteiger charge is -2.28. The Morgan fingerprint density at radius 1 is 1.37 bits per heavy atom. The maximum atomic E-state index is 12.5. The summed E-state index contributed by atoms with van der Waals surface area (Å²) in [7, 11) is 1.87. The monoisotopic (exact) mass is 466 g/mol. The zero-order valence-corrected chi connectivity index (χ0v) is 18.4. The molecule has 0 radical (unpaired) electrons. The van der Waals surface area contributed by atoms with Crippen molar-refractivity contribution in [2.24, 2.45) is 0 Å². The number of hydrogen-bond donors (Lipinski definition) is 2. The first-order valence-corrected chi connectivity index (χ1v) is 11.3. The van der Waals surface area contributed by atoms with Crippen LogP contribution >= 0.6 is 22.9 Å². The molecule has 2 atom stereocenters. The van der Waals surface area contributed by atoms with Gasteiger partial charge in [0, 0.05) is 47.0 Å². The van der Waals surface area contributed by atoms with E-state index in [4.69, 9.17) is 11.6 Å². The Kier molecular flexibility index (Phi) is 8.06. The predicted molar refractivity (Wildman–Crippen MR) is 120 cm³/mol. The number of thiophene rings is 1. The third kappa shape index (κ3) is 5.93. The van der Waals surface area contributed by atoms with Crippen LogP contribution < -0.4 is 10.0 Å². The second kappa shape index (κ2) is 10.7. The Bertz CT molecular complexity index is 1020. The first kappa shape index (κ1) is 22.5. The van der Waals surface area contributed by atoms with Gasteiger partial charge in [-0.1, -0.05) is 17.7 Å². The van der Waals surface area contributed by atoms with Crippen molar-refractivity contribution in [3.63, 3.8) is 0 Å². The van der Waals surface area contributed by atoms with Gasteiger partial charge < -0.3 is 5.32 Å². The number of carbonyl (C=O) groups is 1. The van der Waals surface area contributed by atoms with Crippen molar-refractivity contribution in [1.29, 1.82) is 0 Å². The van der Waals surface area contributed by atoms with Gasteiger partial charge >= 0.3 is 0 Å². The zero-order chi connectivity index (χ0) is 21.5. The van der Waals surface area contributed by atoms with Crippen LogP contribution in [0.3, 0.4) is 0 Å². The molecule has 6 nitrogen and oxygen atoms in total. The minimum absolute atomic E-state index is 0.00292. The molecule has 1 saturated heterocycles. The van der Waals surface area contributed by atoms with E-state index in [1.54, 1.807) is 17.5 Å². The Morgan fingerprint density at radius 3 is 2.87 bits per heavy atom. The highest BCUT2D eigenvalue weighted by Crippen LogP contribution is 2.33. The van der Waals surface area contributed by atoms with Gasteiger partial charge in [0.1, 0.15) is 5.82 Å². The van der Waals surface area contributed by atoms with Crippen molar-refractivity contribution in [1.82, 2.24) is 14.0 Å². The molecule has 0 saturated carbocycles. The largest absolute Gasteiger partial charge is 0.329 e. The molecule has 2 aromatic heterocycles. The van der Waals surface area contributed by atoms with Crippen LogP contribution in [-0.4, -0.2) is 33.5 Å². The molecule has 1 aliphatic rings. The summed E-state index contributed by atoms with van der Waals surface area (Å²) in [5.41, 5.74) is 1.61. The Hall–Kier alpha value is -2.17. The SMILES string of the molecule is CN1CC[C@@H](c2ccc(-c3cccnc3)s2)NS1=O.O=CNc1ccc(F)c(Cl)c1. The fourth-order valence-corrected chi connectivity index (χ4v) is 5.00. The standard InChI is InChI=1S/C13H15N3OS2.C7H5ClFNO/c1-16-8-6-11(15-19(16)17)13-5-4-12(18-13)10-3-2-7-14-9-10;8-6-3-5(10-4-11)1-2-7(6)9/h2-5,7,9,11,15H,6,8H2,1H3;1-4H,(H,10,11)/t11-,19?;/m0./s1. The van der Waals surface area contributed by atoms with Crippen molar-refractivity contribution in [2.75, 3.05) is 18.9 Å². The molecule has 1 fully saturated rings. The minimum Gasteiger partial charge on any atom is -0.329 e. The van der Waals surface area contributed by atoms with Crippen LogP contribution in [0, 0.1) is 5.82 Å². The molecule has 3 aromatic rings. The molecular formula is C20H20ClFN4O2S2. The first-order valence-electron chi connectivity index (χ1n) is 9.02. The average Bonchev–Trinajstić information content (AvgIpc) is 3.24. The van der Waals surface area contributed by atoms with Crippen LogP contribution in [0.1, 0.15) is 17.3 Å². The number of hydrogen-bond acceptors (Lipinski definition) is 4. The van der Waals surface area contributed by atoms with E-state index in [1.165, 1.54) is 28.0 Å². The Labute approximate surface area is 185 Å². The highest BCUT2D eigenvalue weighted by atomic mass is 35.5. The molecule has 10 heteroatoms. The molecule has 0 spiro atoms. The van der Waals surface area contributed by atoms with Crippen LogP contribution in [0.4, 0.5) is 10.1 Å². The number of amides is 1. The van der Waals surface area contributed by atoms with Crippen molar-refractivity contribution in [3.05, 3.63) is 70.6 Å². The van der Waals surface area contributed by atoms with E-state index in [2.05, 4.69) is 33.2 Å². The maximum absolute atomic E-state index is 12.5. The average molecular weight is 467 g/mol. The number of halogens is 2. The Balaban J connectivity index is 0.000000199. The number of rotatable bonds is 4. The second-order valence-corrected chi connectivity index (χ2v) is 9.27. The summed E-state index contributed by atoms with van der Waals surface area (Å²) in [6.45, 7) is 0.852. The number of anilines is 1. The van der Waals surface area contributed by atoms with Gasteiger partial charge in [-0.3, -0.25) is 9.78 Å². The summed E-state index contributed by atoms with van der Waals surface area (Å²) in [6.07, 6.45) is 5.13. The predicted octanol–water partition coefficient (Wildman–Crippen LogP) is 4.40. The summed E-state index contributed by atoms with van der Waals surface area (Å²) in [4.78, 5) is 16.5. The van der Waals surface area contributed by atoms with Gasteiger partial charge in [0.25, 0.3) is 0 Å². The number of benzene rings is 1. The van der Waals surface area contributed by atoms with E-state index in [0.29, 0.717) is 12.1 Å². The van der Waals surface area contributed by atoms with Gasteiger partial charge in [0.2, 0.25) is 6.41 Å². The van der Waals surface area contributed by atoms with Crippen molar-refractivity contribution >= 4 is 46.2 Å². The van der Waals surface area contributed by atoms with Crippen LogP contribution in [0.15, 0.2) is 54.9 Å². The third-order valence-electron chi connectivity index (χ3n) is 4.32. The molecular weight excluding hydrogens is 447 g/mol. The summed E-state index contributed by atoms with van der Waals surface area (Å²) in [6, 6.07) is 12.4. The van der Waals surface area contributed by atoms with E-state index in [1.807, 2.05) is 23.6 Å². The van der Waals surface area contributed by atoms with Gasteiger partial charge in [-0.2, -0.15) is 0 Å². The van der Waals surface area contributed by atoms with E-state index < -0.39 is 17.0 Å². The van der Waals surface area contributed by atoms with Gasteiger partial charge in [-0.15, -0.1) is 11.3 Å². The molecule has 4 rings (SSSR count). The van der Waals surface area contributed by atoms with E-state index in [0.717, 1.165) is 18.5 Å². The molecule has 3 heterocycles. The first-order chi connectivity index (χ1) is 14.5. The van der Waals surface area contributed by atoms with Crippen LogP contribution in [0.25, 0.3) is 10.4 Å². The maximum Gasteiger partial charge on any atom is 0.211 e. The summed E-state index contributed by atoms with van der Waals surface area (Å²) < 4.78 is 29.2. The Morgan fingerprint density at radius 2 is 2.20 bits per heavy atom. The van der Waals surface area contributed by atoms with Crippen LogP contribution in [0.5, 0.6) is 0 Å². The fraction of sp³-hybridized carbons (Fsp3) is 0.200. The second-order valence-electron chi connectivity index (χ2n) is 6.39. The molecule has 30 heavy (non-hydrogen) atoms. The van der Waals surface area contributed by atoms with Crippen LogP contribution in [-0.2, 0) is 16.0 Å². The summed E-state index contributed by atoms with van der Waals surface area (Å²) >= 11 is 6.09. The van der Waals surface area contributed by atoms with E-state index in [9.17, 15) is 13.4 Å². The van der Waals surface area contributed by atoms with Crippen molar-refractivity contribution < 1.29 is 13.4 Å². The number of pyridine rings is 1. The topological polar surface area (TPSA) is 74.3 Å². The van der Waals surface area contributed by atoms with E-state index in [-0.39, 0.29) is 11.1 Å². The number of nitrogens with zero attached hydrogens (tertiary/aromatic N) is 2. The fourth-order valence-electron chi connectivity index (χ4n) is 2.72. The van der Waals surface area contributed by atoms with Gasteiger partial charge in [0.15, 0.2) is 11.2 Å². The zero-order valence-electron chi connectivity index (χ0n) is 16.0. The number of carbonyl (C=O) groups excluding carboxylic acids is 1. The van der Waals surface area contributed by atoms with Gasteiger partial charge in [-0.25, -0.2) is 17.6 Å². The van der Waals surface area contributed by atoms with Crippen LogP contribution in [0.2, 0.25) is 5.02 Å². The normalized spacial score (nSPS) is 18.9. The molecule has 1 aliphatic heterocycles. The van der Waals surface area contributed by atoms with Gasteiger partial charge in [-0.05, 0) is 42.8 Å². The highest BCUT2D eigenvalue weighted by Gasteiger charge is 2.24. The van der Waals surface area contributed by atoms with Crippen molar-refractivity contribution in [2.45, 2.75) is 12.5 Å².